The molecule has 0 bridgehead atoms. The largest absolute Gasteiger partial charge is 0.291 e. The fourth-order valence-corrected chi connectivity index (χ4v) is 5.13. The number of rotatable bonds is 0. The summed E-state index contributed by atoms with van der Waals surface area (Å²) in [5, 5.41) is -1.49. The molecule has 2 aliphatic carbocycles. The van der Waals surface area contributed by atoms with Gasteiger partial charge in [-0.3, -0.25) is 4.79 Å². The minimum absolute atomic E-state index is 0.160. The fraction of sp³-hybridized carbons (Fsp3) is 0.571. The zero-order chi connectivity index (χ0) is 11.8. The van der Waals surface area contributed by atoms with Crippen LogP contribution in [-0.4, -0.2) is 25.2 Å². The van der Waals surface area contributed by atoms with E-state index < -0.39 is 25.2 Å². The van der Waals surface area contributed by atoms with Gasteiger partial charge in [0.25, 0.3) is 0 Å². The Morgan fingerprint density at radius 3 is 1.93 bits per heavy atom. The zero-order valence-electron chi connectivity index (χ0n) is 6.63. The van der Waals surface area contributed by atoms with Crippen LogP contribution in [0, 0.1) is 0 Å². The standard InChI is InChI=1S/C7HCl7O/c8-1-2(9)6(12)5(11,3(1)15)4(10)7(6,13)14/h4H. The van der Waals surface area contributed by atoms with Gasteiger partial charge >= 0.3 is 0 Å². The summed E-state index contributed by atoms with van der Waals surface area (Å²) >= 11 is 41.3. The molecule has 2 aliphatic rings. The summed E-state index contributed by atoms with van der Waals surface area (Å²) in [5.41, 5.74) is 0. The van der Waals surface area contributed by atoms with Crippen molar-refractivity contribution >= 4 is 87.0 Å². The number of fused-ring (bicyclic) bond motifs is 1. The van der Waals surface area contributed by atoms with Crippen molar-refractivity contribution in [3.63, 3.8) is 0 Å². The van der Waals surface area contributed by atoms with Crippen LogP contribution in [0.15, 0.2) is 10.1 Å². The molecule has 0 aromatic carbocycles. The lowest BCUT2D eigenvalue weighted by atomic mass is 9.71. The minimum Gasteiger partial charge on any atom is -0.291 e. The van der Waals surface area contributed by atoms with Gasteiger partial charge in [-0.25, -0.2) is 0 Å². The van der Waals surface area contributed by atoms with E-state index in [1.54, 1.807) is 0 Å². The Morgan fingerprint density at radius 2 is 1.53 bits per heavy atom. The van der Waals surface area contributed by atoms with Gasteiger partial charge in [0.2, 0.25) is 0 Å². The molecule has 3 atom stereocenters. The Kier molecular flexibility index (Phi) is 2.80. The molecular formula is C7HCl7O. The average Bonchev–Trinajstić information content (AvgIpc) is 2.31. The van der Waals surface area contributed by atoms with Gasteiger partial charge in [-0.15, -0.1) is 34.8 Å². The van der Waals surface area contributed by atoms with Crippen LogP contribution in [0.25, 0.3) is 0 Å². The maximum absolute atomic E-state index is 11.7. The molecule has 8 heteroatoms. The Hall–Kier alpha value is 1.44. The fourth-order valence-electron chi connectivity index (χ4n) is 1.75. The van der Waals surface area contributed by atoms with Crippen LogP contribution < -0.4 is 0 Å². The summed E-state index contributed by atoms with van der Waals surface area (Å²) in [6.45, 7) is 0. The molecule has 0 radical (unpaired) electrons. The summed E-state index contributed by atoms with van der Waals surface area (Å²) in [7, 11) is 0. The monoisotopic (exact) mass is 346 g/mol. The predicted octanol–water partition coefficient (Wildman–Crippen LogP) is 4.01. The molecule has 0 heterocycles. The van der Waals surface area contributed by atoms with Gasteiger partial charge < -0.3 is 0 Å². The molecule has 0 aromatic rings. The number of allylic oxidation sites excluding steroid dienone is 2. The van der Waals surface area contributed by atoms with E-state index >= 15 is 0 Å². The molecule has 1 nitrogen and oxygen atoms in total. The third-order valence-corrected chi connectivity index (χ3v) is 7.42. The summed E-state index contributed by atoms with van der Waals surface area (Å²) in [6, 6.07) is 0. The molecule has 0 amide bonds. The maximum atomic E-state index is 11.7. The third-order valence-electron chi connectivity index (χ3n) is 2.65. The first-order valence-electron chi connectivity index (χ1n) is 3.63. The van der Waals surface area contributed by atoms with Crippen molar-refractivity contribution in [2.75, 3.05) is 0 Å². The number of ketones is 1. The summed E-state index contributed by atoms with van der Waals surface area (Å²) in [5.74, 6) is -0.650. The zero-order valence-corrected chi connectivity index (χ0v) is 11.9. The number of halogens is 7. The molecule has 1 saturated carbocycles. The Morgan fingerprint density at radius 1 is 1.07 bits per heavy atom. The van der Waals surface area contributed by atoms with E-state index in [0.29, 0.717) is 0 Å². The second kappa shape index (κ2) is 3.26. The van der Waals surface area contributed by atoms with Gasteiger partial charge in [0, 0.05) is 0 Å². The van der Waals surface area contributed by atoms with Crippen molar-refractivity contribution in [2.45, 2.75) is 19.5 Å². The Balaban J connectivity index is 2.67. The van der Waals surface area contributed by atoms with Gasteiger partial charge in [0.1, 0.15) is 9.91 Å². The SMILES string of the molecule is O=C1C(Cl)=C(Cl)C2(Cl)C(Cl)(Cl)C(Cl)C12Cl. The molecule has 0 N–H and O–H groups in total. The molecule has 15 heavy (non-hydrogen) atoms. The molecule has 84 valence electrons. The lowest BCUT2D eigenvalue weighted by Crippen LogP contribution is -2.78. The van der Waals surface area contributed by atoms with Gasteiger partial charge in [-0.2, -0.15) is 0 Å². The van der Waals surface area contributed by atoms with Crippen molar-refractivity contribution in [1.82, 2.24) is 0 Å². The van der Waals surface area contributed by atoms with Crippen LogP contribution in [0.2, 0.25) is 0 Å². The maximum Gasteiger partial charge on any atom is 0.200 e. The van der Waals surface area contributed by atoms with E-state index in [-0.39, 0.29) is 10.1 Å². The van der Waals surface area contributed by atoms with Crippen LogP contribution in [0.4, 0.5) is 0 Å². The summed E-state index contributed by atoms with van der Waals surface area (Å²) in [4.78, 5) is 8.38. The second-order valence-corrected chi connectivity index (χ2v) is 7.05. The molecule has 2 rings (SSSR count). The van der Waals surface area contributed by atoms with Crippen LogP contribution in [0.3, 0.4) is 0 Å². The van der Waals surface area contributed by atoms with E-state index in [4.69, 9.17) is 81.2 Å². The van der Waals surface area contributed by atoms with E-state index in [9.17, 15) is 4.79 Å². The molecule has 1 fully saturated rings. The van der Waals surface area contributed by atoms with Crippen molar-refractivity contribution < 1.29 is 4.79 Å². The lowest BCUT2D eigenvalue weighted by Gasteiger charge is -2.58. The number of alkyl halides is 5. The van der Waals surface area contributed by atoms with E-state index in [1.165, 1.54) is 0 Å². The van der Waals surface area contributed by atoms with Crippen LogP contribution >= 0.6 is 81.2 Å². The highest BCUT2D eigenvalue weighted by molar-refractivity contribution is 6.72. The number of hydrogen-bond donors (Lipinski definition) is 0. The highest BCUT2D eigenvalue weighted by Crippen LogP contribution is 2.73. The second-order valence-electron chi connectivity index (χ2n) is 3.31. The first kappa shape index (κ1) is 12.9. The van der Waals surface area contributed by atoms with Gasteiger partial charge in [0.05, 0.1) is 10.4 Å². The first-order valence-corrected chi connectivity index (χ1v) is 6.34. The van der Waals surface area contributed by atoms with E-state index in [0.717, 1.165) is 0 Å². The topological polar surface area (TPSA) is 17.1 Å². The summed E-state index contributed by atoms with van der Waals surface area (Å²) < 4.78 is -1.64. The molecular weight excluding hydrogens is 348 g/mol. The van der Waals surface area contributed by atoms with E-state index in [1.807, 2.05) is 0 Å². The van der Waals surface area contributed by atoms with E-state index in [2.05, 4.69) is 0 Å². The smallest absolute Gasteiger partial charge is 0.200 e. The Bertz CT molecular complexity index is 402. The lowest BCUT2D eigenvalue weighted by molar-refractivity contribution is -0.118. The van der Waals surface area contributed by atoms with Crippen molar-refractivity contribution in [2.24, 2.45) is 0 Å². The van der Waals surface area contributed by atoms with Gasteiger partial charge in [0.15, 0.2) is 15.0 Å². The third kappa shape index (κ3) is 1.05. The highest BCUT2D eigenvalue weighted by Gasteiger charge is 2.86. The number of Topliss-reactive ketones (excluding diaryl/α,β-unsaturated/α-hetero) is 1. The minimum atomic E-state index is -1.67. The van der Waals surface area contributed by atoms with Crippen LogP contribution in [-0.2, 0) is 4.79 Å². The Labute approximate surface area is 121 Å². The van der Waals surface area contributed by atoms with Gasteiger partial charge in [-0.05, 0) is 0 Å². The quantitative estimate of drug-likeness (QED) is 0.604. The number of carbonyl (C=O) groups excluding carboxylic acids is 1. The average molecular weight is 349 g/mol. The highest BCUT2D eigenvalue weighted by atomic mass is 35.5. The molecule has 3 unspecified atom stereocenters. The molecule has 0 saturated heterocycles. The first-order chi connectivity index (χ1) is 6.63. The van der Waals surface area contributed by atoms with Crippen LogP contribution in [0.1, 0.15) is 0 Å². The summed E-state index contributed by atoms with van der Waals surface area (Å²) in [6.07, 6.45) is 0. The molecule has 0 aliphatic heterocycles. The molecule has 0 spiro atoms. The number of hydrogen-bond acceptors (Lipinski definition) is 1. The van der Waals surface area contributed by atoms with Gasteiger partial charge in [-0.1, -0.05) is 46.4 Å². The van der Waals surface area contributed by atoms with Crippen LogP contribution in [0.5, 0.6) is 0 Å². The van der Waals surface area contributed by atoms with Crippen molar-refractivity contribution in [3.05, 3.63) is 10.1 Å². The van der Waals surface area contributed by atoms with Crippen molar-refractivity contribution in [1.29, 1.82) is 0 Å². The normalized spacial score (nSPS) is 47.9. The molecule has 0 aromatic heterocycles. The van der Waals surface area contributed by atoms with Crippen molar-refractivity contribution in [3.8, 4) is 0 Å². The predicted molar refractivity (Wildman–Crippen MR) is 65.0 cm³/mol. The number of carbonyl (C=O) groups is 1.